The van der Waals surface area contributed by atoms with Gasteiger partial charge in [0, 0.05) is 32.6 Å². The number of hydrogen-bond acceptors (Lipinski definition) is 4. The van der Waals surface area contributed by atoms with Gasteiger partial charge in [0.2, 0.25) is 5.91 Å². The van der Waals surface area contributed by atoms with E-state index in [9.17, 15) is 4.79 Å². The molecule has 2 aliphatic rings. The van der Waals surface area contributed by atoms with Crippen molar-refractivity contribution in [3.8, 4) is 11.5 Å². The number of benzene rings is 1. The summed E-state index contributed by atoms with van der Waals surface area (Å²) in [5.74, 6) is 2.82. The number of amides is 1. The van der Waals surface area contributed by atoms with E-state index < -0.39 is 0 Å². The van der Waals surface area contributed by atoms with Crippen LogP contribution in [-0.4, -0.2) is 50.6 Å². The third-order valence-electron chi connectivity index (χ3n) is 5.69. The Balaban J connectivity index is 1.43. The lowest BCUT2D eigenvalue weighted by molar-refractivity contribution is -0.132. The lowest BCUT2D eigenvalue weighted by Crippen LogP contribution is -2.37. The molecule has 7 heteroatoms. The number of guanidine groups is 1. The Labute approximate surface area is 167 Å². The molecule has 3 N–H and O–H groups in total. The Morgan fingerprint density at radius 1 is 1.25 bits per heavy atom. The minimum absolute atomic E-state index is 0.173. The molecule has 0 atom stereocenters. The zero-order chi connectivity index (χ0) is 19.9. The second-order valence-corrected chi connectivity index (χ2v) is 7.59. The molecular formula is C21H32N4O3. The molecule has 1 aromatic carbocycles. The number of nitrogens with zero attached hydrogens (tertiary/aromatic N) is 2. The Morgan fingerprint density at radius 2 is 1.96 bits per heavy atom. The fourth-order valence-electron chi connectivity index (χ4n) is 3.67. The van der Waals surface area contributed by atoms with Crippen molar-refractivity contribution in [2.45, 2.75) is 45.1 Å². The lowest BCUT2D eigenvalue weighted by Gasteiger charge is -2.29. The highest BCUT2D eigenvalue weighted by molar-refractivity contribution is 5.78. The van der Waals surface area contributed by atoms with Crippen LogP contribution >= 0.6 is 0 Å². The van der Waals surface area contributed by atoms with Gasteiger partial charge in [-0.05, 0) is 54.9 Å². The summed E-state index contributed by atoms with van der Waals surface area (Å²) in [4.78, 5) is 18.9. The Morgan fingerprint density at radius 3 is 2.61 bits per heavy atom. The lowest BCUT2D eigenvalue weighted by atomic mass is 9.86. The maximum Gasteiger partial charge on any atom is 0.222 e. The first kappa shape index (κ1) is 20.3. The van der Waals surface area contributed by atoms with Gasteiger partial charge < -0.3 is 25.4 Å². The summed E-state index contributed by atoms with van der Waals surface area (Å²) in [5, 5.41) is 3.11. The predicted molar refractivity (Wildman–Crippen MR) is 110 cm³/mol. The number of carbonyl (C=O) groups excluding carboxylic acids is 1. The molecule has 7 nitrogen and oxygen atoms in total. The van der Waals surface area contributed by atoms with E-state index in [1.807, 2.05) is 17.0 Å². The van der Waals surface area contributed by atoms with E-state index >= 15 is 0 Å². The molecule has 1 amide bonds. The first-order valence-electron chi connectivity index (χ1n) is 10.2. The number of carbonyl (C=O) groups is 1. The molecule has 1 saturated carbocycles. The van der Waals surface area contributed by atoms with Gasteiger partial charge in [-0.3, -0.25) is 9.79 Å². The molecule has 1 aromatic rings. The van der Waals surface area contributed by atoms with Crippen LogP contribution in [0.1, 0.15) is 43.2 Å². The van der Waals surface area contributed by atoms with Crippen molar-refractivity contribution in [1.29, 1.82) is 0 Å². The van der Waals surface area contributed by atoms with Crippen LogP contribution in [0.2, 0.25) is 0 Å². The molecule has 1 fully saturated rings. The van der Waals surface area contributed by atoms with E-state index in [4.69, 9.17) is 15.2 Å². The number of rotatable bonds is 8. The fraction of sp³-hybridized carbons (Fsp3) is 0.619. The average molecular weight is 389 g/mol. The summed E-state index contributed by atoms with van der Waals surface area (Å²) in [6.07, 6.45) is 5.93. The number of ether oxygens (including phenoxy) is 2. The third-order valence-corrected chi connectivity index (χ3v) is 5.69. The summed E-state index contributed by atoms with van der Waals surface area (Å²) in [6.45, 7) is 2.84. The number of nitrogens with two attached hydrogens (primary N) is 1. The molecule has 0 aromatic heterocycles. The van der Waals surface area contributed by atoms with Crippen LogP contribution in [0.25, 0.3) is 0 Å². The molecule has 1 aliphatic carbocycles. The van der Waals surface area contributed by atoms with Crippen molar-refractivity contribution in [1.82, 2.24) is 10.2 Å². The number of aliphatic imine (C=N–C) groups is 1. The zero-order valence-corrected chi connectivity index (χ0v) is 17.0. The van der Waals surface area contributed by atoms with Crippen molar-refractivity contribution in [2.24, 2.45) is 16.6 Å². The molecule has 0 bridgehead atoms. The van der Waals surface area contributed by atoms with Gasteiger partial charge >= 0.3 is 0 Å². The highest BCUT2D eigenvalue weighted by atomic mass is 16.5. The van der Waals surface area contributed by atoms with Crippen LogP contribution in [0.4, 0.5) is 0 Å². The van der Waals surface area contributed by atoms with Crippen molar-refractivity contribution in [3.63, 3.8) is 0 Å². The standard InChI is InChI=1S/C21H32N4O3/c1-27-18-11-16-8-10-25(14-17(16)12-19(18)28-2)20(26)7-4-9-23-21(22)24-13-15-5-3-6-15/h11-12,15H,3-10,13-14H2,1-2H3,(H3,22,23,24). The van der Waals surface area contributed by atoms with E-state index in [0.717, 1.165) is 37.2 Å². The van der Waals surface area contributed by atoms with Gasteiger partial charge in [0.25, 0.3) is 0 Å². The van der Waals surface area contributed by atoms with Crippen LogP contribution in [0.3, 0.4) is 0 Å². The molecule has 3 rings (SSSR count). The highest BCUT2D eigenvalue weighted by Crippen LogP contribution is 2.33. The van der Waals surface area contributed by atoms with Gasteiger partial charge in [0.1, 0.15) is 0 Å². The quantitative estimate of drug-likeness (QED) is 0.404. The van der Waals surface area contributed by atoms with Gasteiger partial charge in [-0.15, -0.1) is 0 Å². The predicted octanol–water partition coefficient (Wildman–Crippen LogP) is 2.07. The molecule has 0 spiro atoms. The minimum Gasteiger partial charge on any atom is -0.493 e. The van der Waals surface area contributed by atoms with Gasteiger partial charge in [-0.2, -0.15) is 0 Å². The summed E-state index contributed by atoms with van der Waals surface area (Å²) in [7, 11) is 3.27. The van der Waals surface area contributed by atoms with Gasteiger partial charge in [0.15, 0.2) is 17.5 Å². The number of fused-ring (bicyclic) bond motifs is 1. The van der Waals surface area contributed by atoms with Gasteiger partial charge in [0.05, 0.1) is 14.2 Å². The highest BCUT2D eigenvalue weighted by Gasteiger charge is 2.22. The van der Waals surface area contributed by atoms with Crippen molar-refractivity contribution in [2.75, 3.05) is 33.9 Å². The summed E-state index contributed by atoms with van der Waals surface area (Å²) >= 11 is 0. The monoisotopic (exact) mass is 388 g/mol. The Kier molecular flexibility index (Phi) is 7.01. The Bertz CT molecular complexity index is 716. The molecular weight excluding hydrogens is 356 g/mol. The van der Waals surface area contributed by atoms with Crippen molar-refractivity contribution >= 4 is 11.9 Å². The minimum atomic E-state index is 0.173. The van der Waals surface area contributed by atoms with Gasteiger partial charge in [-0.1, -0.05) is 6.42 Å². The van der Waals surface area contributed by atoms with Crippen molar-refractivity contribution in [3.05, 3.63) is 23.3 Å². The van der Waals surface area contributed by atoms with E-state index in [-0.39, 0.29) is 5.91 Å². The fourth-order valence-corrected chi connectivity index (χ4v) is 3.67. The Hall–Kier alpha value is -2.44. The smallest absolute Gasteiger partial charge is 0.222 e. The van der Waals surface area contributed by atoms with Crippen LogP contribution < -0.4 is 20.5 Å². The van der Waals surface area contributed by atoms with Crippen LogP contribution in [0.5, 0.6) is 11.5 Å². The number of nitrogens with one attached hydrogen (secondary N) is 1. The van der Waals surface area contributed by atoms with Crippen LogP contribution in [0, 0.1) is 5.92 Å². The second kappa shape index (κ2) is 9.66. The number of methoxy groups -OCH3 is 2. The van der Waals surface area contributed by atoms with Crippen LogP contribution in [0.15, 0.2) is 17.1 Å². The third kappa shape index (κ3) is 5.09. The average Bonchev–Trinajstić information content (AvgIpc) is 2.68. The molecule has 0 radical (unpaired) electrons. The molecule has 1 heterocycles. The molecule has 154 valence electrons. The normalized spacial score (nSPS) is 16.9. The topological polar surface area (TPSA) is 89.2 Å². The summed E-state index contributed by atoms with van der Waals surface area (Å²) < 4.78 is 10.8. The van der Waals surface area contributed by atoms with E-state index in [1.165, 1.54) is 24.8 Å². The SMILES string of the molecule is COc1cc2c(cc1OC)CN(C(=O)CCCNC(N)=NCC1CCC1)CC2. The zero-order valence-electron chi connectivity index (χ0n) is 17.0. The van der Waals surface area contributed by atoms with Crippen molar-refractivity contribution < 1.29 is 14.3 Å². The maximum absolute atomic E-state index is 12.6. The summed E-state index contributed by atoms with van der Waals surface area (Å²) in [5.41, 5.74) is 8.23. The first-order valence-corrected chi connectivity index (χ1v) is 10.2. The van der Waals surface area contributed by atoms with E-state index in [1.54, 1.807) is 14.2 Å². The van der Waals surface area contributed by atoms with E-state index in [0.29, 0.717) is 37.1 Å². The first-order chi connectivity index (χ1) is 13.6. The summed E-state index contributed by atoms with van der Waals surface area (Å²) in [6, 6.07) is 4.00. The molecule has 0 unspecified atom stereocenters. The largest absolute Gasteiger partial charge is 0.493 e. The molecule has 28 heavy (non-hydrogen) atoms. The second-order valence-electron chi connectivity index (χ2n) is 7.59. The maximum atomic E-state index is 12.6. The van der Waals surface area contributed by atoms with Gasteiger partial charge in [-0.25, -0.2) is 0 Å². The van der Waals surface area contributed by atoms with Crippen LogP contribution in [-0.2, 0) is 17.8 Å². The molecule has 1 aliphatic heterocycles. The number of hydrogen-bond donors (Lipinski definition) is 2. The molecule has 0 saturated heterocycles. The van der Waals surface area contributed by atoms with E-state index in [2.05, 4.69) is 10.3 Å².